The van der Waals surface area contributed by atoms with Gasteiger partial charge in [0.15, 0.2) is 5.15 Å². The van der Waals surface area contributed by atoms with Crippen LogP contribution in [0.5, 0.6) is 0 Å². The molecule has 0 unspecified atom stereocenters. The Hall–Kier alpha value is -0.640. The lowest BCUT2D eigenvalue weighted by atomic mass is 10.3. The molecule has 1 aromatic rings. The third-order valence-corrected chi connectivity index (χ3v) is 1.57. The Kier molecular flexibility index (Phi) is 1.89. The van der Waals surface area contributed by atoms with Crippen molar-refractivity contribution in [1.29, 1.82) is 0 Å². The monoisotopic (exact) mass is 166 g/mol. The van der Waals surface area contributed by atoms with E-state index >= 15 is 0 Å². The highest BCUT2D eigenvalue weighted by Gasteiger charge is 2.14. The Morgan fingerprint density at radius 2 is 2.20 bits per heavy atom. The van der Waals surface area contributed by atoms with Gasteiger partial charge in [-0.05, 0) is 6.92 Å². The van der Waals surface area contributed by atoms with Gasteiger partial charge < -0.3 is 0 Å². The van der Waals surface area contributed by atoms with Crippen molar-refractivity contribution in [2.75, 3.05) is 0 Å². The van der Waals surface area contributed by atoms with E-state index in [0.717, 1.165) is 0 Å². The number of rotatable bonds is 1. The van der Waals surface area contributed by atoms with E-state index in [-0.39, 0.29) is 10.8 Å². The van der Waals surface area contributed by atoms with Crippen LogP contribution in [0.4, 0.5) is 8.78 Å². The van der Waals surface area contributed by atoms with Crippen LogP contribution >= 0.6 is 11.6 Å². The molecule has 0 radical (unpaired) electrons. The van der Waals surface area contributed by atoms with E-state index in [1.165, 1.54) is 6.92 Å². The summed E-state index contributed by atoms with van der Waals surface area (Å²) in [6.45, 7) is 1.49. The van der Waals surface area contributed by atoms with E-state index in [1.54, 1.807) is 0 Å². The van der Waals surface area contributed by atoms with Crippen LogP contribution in [0.25, 0.3) is 0 Å². The fourth-order valence-electron chi connectivity index (χ4n) is 0.601. The molecule has 5 heteroatoms. The van der Waals surface area contributed by atoms with Crippen LogP contribution in [-0.2, 0) is 0 Å². The van der Waals surface area contributed by atoms with E-state index in [0.29, 0.717) is 5.56 Å². The number of nitrogens with one attached hydrogen (secondary N) is 1. The largest absolute Gasteiger partial charge is 0.280 e. The molecule has 0 aliphatic carbocycles. The first-order chi connectivity index (χ1) is 4.63. The predicted molar refractivity (Wildman–Crippen MR) is 33.3 cm³/mol. The van der Waals surface area contributed by atoms with Gasteiger partial charge >= 0.3 is 0 Å². The van der Waals surface area contributed by atoms with Gasteiger partial charge in [-0.15, -0.1) is 0 Å². The maximum Gasteiger partial charge on any atom is 0.280 e. The summed E-state index contributed by atoms with van der Waals surface area (Å²) < 4.78 is 23.8. The average molecular weight is 167 g/mol. The molecule has 0 aromatic carbocycles. The fraction of sp³-hybridized carbons (Fsp3) is 0.400. The van der Waals surface area contributed by atoms with Crippen LogP contribution in [0.1, 0.15) is 17.7 Å². The van der Waals surface area contributed by atoms with Gasteiger partial charge in [0.05, 0.1) is 0 Å². The first-order valence-electron chi connectivity index (χ1n) is 2.61. The van der Waals surface area contributed by atoms with Crippen LogP contribution in [0.3, 0.4) is 0 Å². The third kappa shape index (κ3) is 1.11. The fourth-order valence-corrected chi connectivity index (χ4v) is 0.745. The summed E-state index contributed by atoms with van der Waals surface area (Å²) in [7, 11) is 0. The number of halogens is 3. The zero-order chi connectivity index (χ0) is 7.72. The first-order valence-corrected chi connectivity index (χ1v) is 2.99. The van der Waals surface area contributed by atoms with Gasteiger partial charge in [-0.1, -0.05) is 11.6 Å². The molecule has 2 nitrogen and oxygen atoms in total. The summed E-state index contributed by atoms with van der Waals surface area (Å²) in [4.78, 5) is 0. The van der Waals surface area contributed by atoms with Gasteiger partial charge in [-0.25, -0.2) is 8.78 Å². The second-order valence-corrected chi connectivity index (χ2v) is 2.21. The van der Waals surface area contributed by atoms with Crippen molar-refractivity contribution in [3.8, 4) is 0 Å². The second kappa shape index (κ2) is 2.54. The van der Waals surface area contributed by atoms with E-state index in [1.807, 2.05) is 0 Å². The van der Waals surface area contributed by atoms with Crippen molar-refractivity contribution in [2.45, 2.75) is 13.3 Å². The molecule has 10 heavy (non-hydrogen) atoms. The first kappa shape index (κ1) is 7.47. The van der Waals surface area contributed by atoms with E-state index < -0.39 is 6.43 Å². The van der Waals surface area contributed by atoms with Crippen LogP contribution in [0.2, 0.25) is 5.15 Å². The van der Waals surface area contributed by atoms with Crippen molar-refractivity contribution in [2.24, 2.45) is 0 Å². The molecule has 1 aromatic heterocycles. The summed E-state index contributed by atoms with van der Waals surface area (Å²) in [6.07, 6.45) is -2.53. The number of hydrogen-bond donors (Lipinski definition) is 1. The average Bonchev–Trinajstić information content (AvgIpc) is 2.14. The number of hydrogen-bond acceptors (Lipinski definition) is 1. The minimum atomic E-state index is -2.53. The number of H-pyrrole nitrogens is 1. The molecule has 1 heterocycles. The Labute approximate surface area is 61.2 Å². The number of alkyl halides is 2. The minimum absolute atomic E-state index is 0.107. The van der Waals surface area contributed by atoms with Gasteiger partial charge in [0, 0.05) is 5.56 Å². The number of nitrogens with zero attached hydrogens (tertiary/aromatic N) is 1. The minimum Gasteiger partial charge on any atom is -0.275 e. The lowest BCUT2D eigenvalue weighted by Gasteiger charge is -1.93. The highest BCUT2D eigenvalue weighted by molar-refractivity contribution is 6.30. The molecule has 56 valence electrons. The molecule has 0 fully saturated rings. The standard InChI is InChI=1S/C5H5ClF2N2/c1-2-3(5(7)8)9-10-4(2)6/h5H,1H3,(H,9,10). The van der Waals surface area contributed by atoms with Gasteiger partial charge in [-0.3, -0.25) is 5.10 Å². The van der Waals surface area contributed by atoms with E-state index in [9.17, 15) is 8.78 Å². The highest BCUT2D eigenvalue weighted by atomic mass is 35.5. The van der Waals surface area contributed by atoms with Gasteiger partial charge in [0.1, 0.15) is 5.69 Å². The molecule has 0 spiro atoms. The normalized spacial score (nSPS) is 10.9. The van der Waals surface area contributed by atoms with Crippen molar-refractivity contribution < 1.29 is 8.78 Å². The van der Waals surface area contributed by atoms with Gasteiger partial charge in [-0.2, -0.15) is 5.10 Å². The predicted octanol–water partition coefficient (Wildman–Crippen LogP) is 2.31. The summed E-state index contributed by atoms with van der Waals surface area (Å²) in [5.74, 6) is 0. The lowest BCUT2D eigenvalue weighted by Crippen LogP contribution is -1.86. The Morgan fingerprint density at radius 3 is 2.40 bits per heavy atom. The van der Waals surface area contributed by atoms with Crippen molar-refractivity contribution in [3.05, 3.63) is 16.4 Å². The summed E-state index contributed by atoms with van der Waals surface area (Å²) in [5, 5.41) is 5.65. The Balaban J connectivity index is 3.05. The van der Waals surface area contributed by atoms with Crippen LogP contribution < -0.4 is 0 Å². The topological polar surface area (TPSA) is 28.7 Å². The van der Waals surface area contributed by atoms with Gasteiger partial charge in [0.2, 0.25) is 0 Å². The lowest BCUT2D eigenvalue weighted by molar-refractivity contribution is 0.145. The van der Waals surface area contributed by atoms with Crippen molar-refractivity contribution >= 4 is 11.6 Å². The molecule has 0 amide bonds. The van der Waals surface area contributed by atoms with Crippen LogP contribution in [0, 0.1) is 6.92 Å². The van der Waals surface area contributed by atoms with Crippen molar-refractivity contribution in [3.63, 3.8) is 0 Å². The molecule has 0 saturated carbocycles. The molecule has 1 N–H and O–H groups in total. The summed E-state index contributed by atoms with van der Waals surface area (Å²) in [6, 6.07) is 0. The molecule has 0 atom stereocenters. The van der Waals surface area contributed by atoms with Gasteiger partial charge in [0.25, 0.3) is 6.43 Å². The molecule has 0 aliphatic rings. The molecule has 0 saturated heterocycles. The smallest absolute Gasteiger partial charge is 0.275 e. The Morgan fingerprint density at radius 1 is 1.60 bits per heavy atom. The van der Waals surface area contributed by atoms with E-state index in [4.69, 9.17) is 11.6 Å². The quantitative estimate of drug-likeness (QED) is 0.682. The van der Waals surface area contributed by atoms with E-state index in [2.05, 4.69) is 10.2 Å². The van der Waals surface area contributed by atoms with Crippen molar-refractivity contribution in [1.82, 2.24) is 10.2 Å². The maximum atomic E-state index is 11.9. The highest BCUT2D eigenvalue weighted by Crippen LogP contribution is 2.24. The molecule has 0 bridgehead atoms. The zero-order valence-corrected chi connectivity index (χ0v) is 5.91. The second-order valence-electron chi connectivity index (χ2n) is 1.85. The van der Waals surface area contributed by atoms with Crippen LogP contribution in [-0.4, -0.2) is 10.2 Å². The number of aromatic amines is 1. The zero-order valence-electron chi connectivity index (χ0n) is 5.16. The number of aromatic nitrogens is 2. The Bertz CT molecular complexity index is 234. The maximum absolute atomic E-state index is 11.9. The SMILES string of the molecule is Cc1c(Cl)n[nH]c1C(F)F. The van der Waals surface area contributed by atoms with Crippen LogP contribution in [0.15, 0.2) is 0 Å². The molecule has 0 aliphatic heterocycles. The molecular weight excluding hydrogens is 162 g/mol. The summed E-state index contributed by atoms with van der Waals surface area (Å²) in [5.41, 5.74) is 0.113. The molecule has 1 rings (SSSR count). The summed E-state index contributed by atoms with van der Waals surface area (Å²) >= 11 is 5.40. The third-order valence-electron chi connectivity index (χ3n) is 1.21. The molecular formula is C5H5ClF2N2.